The predicted octanol–water partition coefficient (Wildman–Crippen LogP) is 0.620. The maximum Gasteiger partial charge on any atom is 0.235 e. The predicted molar refractivity (Wildman–Crippen MR) is 141 cm³/mol. The highest BCUT2D eigenvalue weighted by Crippen LogP contribution is 2.51. The van der Waals surface area contributed by atoms with E-state index < -0.39 is 64.4 Å². The number of nitrogens with zero attached hydrogens (tertiary/aromatic N) is 1. The van der Waals surface area contributed by atoms with Crippen molar-refractivity contribution in [1.82, 2.24) is 4.90 Å². The first kappa shape index (κ1) is 26.5. The lowest BCUT2D eigenvalue weighted by atomic mass is 9.52. The van der Waals surface area contributed by atoms with Crippen molar-refractivity contribution in [2.45, 2.75) is 24.5 Å². The number of carbonyl (C=O) groups excluding carboxylic acids is 5. The van der Waals surface area contributed by atoms with E-state index in [0.717, 1.165) is 5.56 Å². The van der Waals surface area contributed by atoms with Crippen molar-refractivity contribution >= 4 is 46.9 Å². The number of nitrogen functional groups attached to an aromatic ring is 1. The van der Waals surface area contributed by atoms with Gasteiger partial charge in [0.1, 0.15) is 5.75 Å². The SMILES string of the molecule is CN(C)[C@@H]1C(=O)C(C(N)=O)C(=O)[C@@]2(O)C(=O)C3C(=O)c4c(O)ccc(/C=C/c5ccc(N)cc5)c4C[C@H]3C[C@@H]12. The number of aliphatic hydroxyl groups is 1. The third-order valence-electron chi connectivity index (χ3n) is 8.37. The Morgan fingerprint density at radius 3 is 2.31 bits per heavy atom. The van der Waals surface area contributed by atoms with Crippen molar-refractivity contribution in [3.63, 3.8) is 0 Å². The fourth-order valence-corrected chi connectivity index (χ4v) is 6.58. The van der Waals surface area contributed by atoms with Gasteiger partial charge in [-0.2, -0.15) is 0 Å². The summed E-state index contributed by atoms with van der Waals surface area (Å²) in [5.41, 5.74) is 11.0. The molecule has 0 bridgehead atoms. The topological polar surface area (TPSA) is 181 Å². The molecule has 0 heterocycles. The highest BCUT2D eigenvalue weighted by Gasteiger charge is 2.69. The molecule has 6 N–H and O–H groups in total. The molecule has 2 aromatic carbocycles. The van der Waals surface area contributed by atoms with Crippen LogP contribution in [-0.4, -0.2) is 69.9 Å². The molecule has 6 atom stereocenters. The fourth-order valence-electron chi connectivity index (χ4n) is 6.58. The van der Waals surface area contributed by atoms with Crippen LogP contribution in [-0.2, 0) is 25.6 Å². The molecule has 202 valence electrons. The van der Waals surface area contributed by atoms with Crippen molar-refractivity contribution in [2.24, 2.45) is 29.4 Å². The Kier molecular flexibility index (Phi) is 6.27. The van der Waals surface area contributed by atoms with E-state index in [9.17, 15) is 34.2 Å². The Bertz CT molecular complexity index is 1460. The second kappa shape index (κ2) is 9.25. The summed E-state index contributed by atoms with van der Waals surface area (Å²) in [6.07, 6.45) is 3.83. The van der Waals surface area contributed by atoms with E-state index in [1.807, 2.05) is 18.2 Å². The average Bonchev–Trinajstić information content (AvgIpc) is 2.86. The molecule has 2 saturated carbocycles. The number of nitrogens with two attached hydrogens (primary N) is 2. The van der Waals surface area contributed by atoms with Gasteiger partial charge in [0.05, 0.1) is 17.5 Å². The second-order valence-corrected chi connectivity index (χ2v) is 10.8. The monoisotopic (exact) mass is 531 g/mol. The summed E-state index contributed by atoms with van der Waals surface area (Å²) in [5, 5.41) is 22.3. The number of benzene rings is 2. The van der Waals surface area contributed by atoms with Crippen LogP contribution < -0.4 is 11.5 Å². The molecule has 0 radical (unpaired) electrons. The molecule has 2 unspecified atom stereocenters. The molecule has 5 rings (SSSR count). The van der Waals surface area contributed by atoms with E-state index in [4.69, 9.17) is 11.5 Å². The molecular weight excluding hydrogens is 502 g/mol. The van der Waals surface area contributed by atoms with Crippen LogP contribution in [0, 0.1) is 23.7 Å². The number of ketones is 4. The van der Waals surface area contributed by atoms with Crippen LogP contribution >= 0.6 is 0 Å². The van der Waals surface area contributed by atoms with Gasteiger partial charge in [0.25, 0.3) is 0 Å². The standard InChI is InChI=1S/C29H29N3O7/c1-32(2)23-18-12-15-11-17-14(6-3-13-4-8-16(30)9-5-13)7-10-19(33)21(17)24(34)20(15)26(36)29(18,39)27(37)22(25(23)35)28(31)38/h3-10,15,18,20,22-23,33,39H,11-12,30H2,1-2H3,(H2,31,38)/b6-3+/t15-,18-,20?,22?,23-,29-/m0/s1. The number of aromatic hydroxyl groups is 1. The summed E-state index contributed by atoms with van der Waals surface area (Å²) >= 11 is 0. The molecule has 0 spiro atoms. The number of rotatable bonds is 4. The first-order valence-corrected chi connectivity index (χ1v) is 12.6. The lowest BCUT2D eigenvalue weighted by Crippen LogP contribution is -2.74. The molecule has 0 aromatic heterocycles. The van der Waals surface area contributed by atoms with Gasteiger partial charge in [0.15, 0.2) is 34.7 Å². The Labute approximate surface area is 224 Å². The Hall–Kier alpha value is -4.15. The number of amides is 1. The van der Waals surface area contributed by atoms with Gasteiger partial charge in [-0.1, -0.05) is 30.4 Å². The number of hydrogen-bond acceptors (Lipinski definition) is 9. The lowest BCUT2D eigenvalue weighted by Gasteiger charge is -2.52. The number of anilines is 1. The van der Waals surface area contributed by atoms with E-state index in [-0.39, 0.29) is 24.2 Å². The Morgan fingerprint density at radius 2 is 1.69 bits per heavy atom. The van der Waals surface area contributed by atoms with Crippen molar-refractivity contribution in [3.8, 4) is 5.75 Å². The number of hydrogen-bond donors (Lipinski definition) is 4. The zero-order valence-electron chi connectivity index (χ0n) is 21.5. The van der Waals surface area contributed by atoms with Crippen molar-refractivity contribution in [3.05, 3.63) is 58.7 Å². The van der Waals surface area contributed by atoms with Crippen LogP contribution in [0.5, 0.6) is 5.75 Å². The minimum Gasteiger partial charge on any atom is -0.507 e. The summed E-state index contributed by atoms with van der Waals surface area (Å²) in [6, 6.07) is 9.07. The van der Waals surface area contributed by atoms with Gasteiger partial charge in [-0.25, -0.2) is 0 Å². The van der Waals surface area contributed by atoms with Gasteiger partial charge in [0.2, 0.25) is 5.91 Å². The minimum atomic E-state index is -2.74. The first-order valence-electron chi connectivity index (χ1n) is 12.6. The third-order valence-corrected chi connectivity index (χ3v) is 8.37. The number of fused-ring (bicyclic) bond motifs is 3. The second-order valence-electron chi connectivity index (χ2n) is 10.8. The fraction of sp³-hybridized carbons (Fsp3) is 0.345. The molecule has 2 aromatic rings. The van der Waals surface area contributed by atoms with Gasteiger partial charge in [-0.15, -0.1) is 0 Å². The van der Waals surface area contributed by atoms with E-state index in [0.29, 0.717) is 16.8 Å². The number of phenols is 1. The molecular formula is C29H29N3O7. The summed E-state index contributed by atoms with van der Waals surface area (Å²) in [7, 11) is 3.10. The molecule has 1 amide bonds. The smallest absolute Gasteiger partial charge is 0.235 e. The van der Waals surface area contributed by atoms with Gasteiger partial charge >= 0.3 is 0 Å². The average molecular weight is 532 g/mol. The van der Waals surface area contributed by atoms with Crippen LogP contribution in [0.2, 0.25) is 0 Å². The molecule has 3 aliphatic rings. The van der Waals surface area contributed by atoms with E-state index in [2.05, 4.69) is 0 Å². The quantitative estimate of drug-likeness (QED) is 0.250. The van der Waals surface area contributed by atoms with Crippen molar-refractivity contribution in [2.75, 3.05) is 19.8 Å². The zero-order valence-corrected chi connectivity index (χ0v) is 21.5. The minimum absolute atomic E-state index is 0.000663. The van der Waals surface area contributed by atoms with Crippen LogP contribution in [0.1, 0.15) is 33.5 Å². The normalized spacial score (nSPS) is 30.3. The van der Waals surface area contributed by atoms with Gasteiger partial charge < -0.3 is 21.7 Å². The summed E-state index contributed by atoms with van der Waals surface area (Å²) in [4.78, 5) is 67.6. The molecule has 39 heavy (non-hydrogen) atoms. The summed E-state index contributed by atoms with van der Waals surface area (Å²) < 4.78 is 0. The zero-order chi connectivity index (χ0) is 28.4. The van der Waals surface area contributed by atoms with E-state index in [1.54, 1.807) is 38.4 Å². The Morgan fingerprint density at radius 1 is 1.03 bits per heavy atom. The Balaban J connectivity index is 1.59. The highest BCUT2D eigenvalue weighted by molar-refractivity contribution is 6.32. The van der Waals surface area contributed by atoms with Gasteiger partial charge in [0, 0.05) is 11.6 Å². The number of Topliss-reactive ketones (excluding diaryl/α,β-unsaturated/α-hetero) is 4. The van der Waals surface area contributed by atoms with E-state index in [1.165, 1.54) is 11.0 Å². The lowest BCUT2D eigenvalue weighted by molar-refractivity contribution is -0.181. The van der Waals surface area contributed by atoms with Gasteiger partial charge in [-0.3, -0.25) is 28.9 Å². The van der Waals surface area contributed by atoms with Crippen molar-refractivity contribution < 1.29 is 34.2 Å². The summed E-state index contributed by atoms with van der Waals surface area (Å²) in [5.74, 6) is -10.6. The largest absolute Gasteiger partial charge is 0.507 e. The number of primary amides is 1. The molecule has 0 aliphatic heterocycles. The van der Waals surface area contributed by atoms with Gasteiger partial charge in [-0.05, 0) is 67.7 Å². The first-order chi connectivity index (χ1) is 18.4. The maximum atomic E-state index is 13.8. The van der Waals surface area contributed by atoms with Crippen molar-refractivity contribution in [1.29, 1.82) is 0 Å². The summed E-state index contributed by atoms with van der Waals surface area (Å²) in [6.45, 7) is 0. The van der Waals surface area contributed by atoms with E-state index >= 15 is 0 Å². The molecule has 0 saturated heterocycles. The molecule has 10 heteroatoms. The molecule has 3 aliphatic carbocycles. The van der Waals surface area contributed by atoms with Crippen LogP contribution in [0.4, 0.5) is 5.69 Å². The highest BCUT2D eigenvalue weighted by atomic mass is 16.3. The molecule has 10 nitrogen and oxygen atoms in total. The third kappa shape index (κ3) is 3.90. The van der Waals surface area contributed by atoms with Crippen LogP contribution in [0.25, 0.3) is 12.2 Å². The maximum absolute atomic E-state index is 13.8. The van der Waals surface area contributed by atoms with Crippen LogP contribution in [0.15, 0.2) is 36.4 Å². The number of phenolic OH excluding ortho intramolecular Hbond substituents is 1. The number of carbonyl (C=O) groups is 5. The van der Waals surface area contributed by atoms with Crippen LogP contribution in [0.3, 0.4) is 0 Å². The number of likely N-dealkylation sites (N-methyl/N-ethyl adjacent to an activating group) is 1. The molecule has 2 fully saturated rings.